The molecule has 0 spiro atoms. The van der Waals surface area contributed by atoms with Crippen molar-refractivity contribution in [3.63, 3.8) is 0 Å². The van der Waals surface area contributed by atoms with E-state index in [0.29, 0.717) is 83.9 Å². The summed E-state index contributed by atoms with van der Waals surface area (Å²) in [7, 11) is 3.14. The number of nitrogen functional groups attached to an aromatic ring is 1. The maximum absolute atomic E-state index is 13.7. The van der Waals surface area contributed by atoms with E-state index in [1.54, 1.807) is 31.3 Å². The summed E-state index contributed by atoms with van der Waals surface area (Å²) in [4.78, 5) is 35.7. The summed E-state index contributed by atoms with van der Waals surface area (Å²) in [6.45, 7) is 0.708. The van der Waals surface area contributed by atoms with E-state index in [2.05, 4.69) is 18.4 Å². The summed E-state index contributed by atoms with van der Waals surface area (Å²) in [6, 6.07) is 14.7. The quantitative estimate of drug-likeness (QED) is 0.144. The van der Waals surface area contributed by atoms with Crippen molar-refractivity contribution >= 4 is 35.0 Å². The fourth-order valence-corrected chi connectivity index (χ4v) is 7.19. The SMILES string of the molecule is COc1cc2c(cc1OCCCOc1cc3c(cc1OC)C(=O)N1C=C(c4ccc(N)cc4)C[C@H]1C=N3)CC=C[C@@H]1CC(C3CC3)=CN1C2=O. The molecule has 0 aromatic heterocycles. The number of rotatable bonds is 10. The van der Waals surface area contributed by atoms with Gasteiger partial charge in [-0.2, -0.15) is 0 Å². The van der Waals surface area contributed by atoms with Gasteiger partial charge in [-0.15, -0.1) is 0 Å². The van der Waals surface area contributed by atoms with Crippen LogP contribution in [-0.4, -0.2) is 67.3 Å². The molecule has 3 aromatic carbocycles. The number of carbonyl (C=O) groups is 2. The molecule has 2 amide bonds. The number of amides is 2. The number of allylic oxidation sites excluding steroid dienone is 1. The predicted molar refractivity (Wildman–Crippen MR) is 191 cm³/mol. The van der Waals surface area contributed by atoms with Gasteiger partial charge in [-0.25, -0.2) is 0 Å². The fourth-order valence-electron chi connectivity index (χ4n) is 7.19. The van der Waals surface area contributed by atoms with Gasteiger partial charge in [0.25, 0.3) is 11.8 Å². The number of hydrogen-bond acceptors (Lipinski definition) is 8. The second-order valence-corrected chi connectivity index (χ2v) is 13.4. The van der Waals surface area contributed by atoms with Gasteiger partial charge in [0.2, 0.25) is 0 Å². The largest absolute Gasteiger partial charge is 0.493 e. The van der Waals surface area contributed by atoms with Crippen LogP contribution in [0.2, 0.25) is 0 Å². The highest BCUT2D eigenvalue weighted by Crippen LogP contribution is 2.44. The Labute approximate surface area is 291 Å². The molecule has 50 heavy (non-hydrogen) atoms. The highest BCUT2D eigenvalue weighted by atomic mass is 16.5. The van der Waals surface area contributed by atoms with Crippen LogP contribution in [0.1, 0.15) is 63.9 Å². The van der Waals surface area contributed by atoms with E-state index in [9.17, 15) is 9.59 Å². The van der Waals surface area contributed by atoms with Crippen LogP contribution in [0.4, 0.5) is 11.4 Å². The van der Waals surface area contributed by atoms with E-state index in [0.717, 1.165) is 23.1 Å². The van der Waals surface area contributed by atoms with Crippen LogP contribution < -0.4 is 24.7 Å². The molecule has 1 saturated carbocycles. The zero-order chi connectivity index (χ0) is 34.4. The zero-order valence-electron chi connectivity index (χ0n) is 28.3. The second-order valence-electron chi connectivity index (χ2n) is 13.4. The van der Waals surface area contributed by atoms with Gasteiger partial charge in [0, 0.05) is 48.8 Å². The normalized spacial score (nSPS) is 20.5. The number of carbonyl (C=O) groups excluding carboxylic acids is 2. The lowest BCUT2D eigenvalue weighted by Gasteiger charge is -2.25. The van der Waals surface area contributed by atoms with Crippen LogP contribution >= 0.6 is 0 Å². The van der Waals surface area contributed by atoms with Crippen molar-refractivity contribution < 1.29 is 28.5 Å². The number of aliphatic imine (C=N–C) groups is 1. The van der Waals surface area contributed by atoms with Gasteiger partial charge >= 0.3 is 0 Å². The van der Waals surface area contributed by atoms with Crippen molar-refractivity contribution in [3.05, 3.63) is 101 Å². The first-order chi connectivity index (χ1) is 24.4. The molecule has 0 bridgehead atoms. The monoisotopic (exact) mass is 672 g/mol. The minimum Gasteiger partial charge on any atom is -0.493 e. The van der Waals surface area contributed by atoms with Gasteiger partial charge in [0.15, 0.2) is 23.0 Å². The van der Waals surface area contributed by atoms with Gasteiger partial charge in [0.1, 0.15) is 0 Å². The molecule has 10 heteroatoms. The minimum absolute atomic E-state index is 0.00348. The molecule has 10 nitrogen and oxygen atoms in total. The van der Waals surface area contributed by atoms with Crippen molar-refractivity contribution in [2.24, 2.45) is 10.9 Å². The van der Waals surface area contributed by atoms with Crippen LogP contribution in [0.5, 0.6) is 23.0 Å². The molecule has 2 atom stereocenters. The van der Waals surface area contributed by atoms with Crippen LogP contribution in [-0.2, 0) is 6.42 Å². The Morgan fingerprint density at radius 2 is 1.48 bits per heavy atom. The third-order valence-corrected chi connectivity index (χ3v) is 10.1. The lowest BCUT2D eigenvalue weighted by molar-refractivity contribution is 0.0800. The zero-order valence-corrected chi connectivity index (χ0v) is 28.3. The second kappa shape index (κ2) is 13.1. The third-order valence-electron chi connectivity index (χ3n) is 10.1. The lowest BCUT2D eigenvalue weighted by Crippen LogP contribution is -2.33. The minimum atomic E-state index is -0.187. The lowest BCUT2D eigenvalue weighted by atomic mass is 9.98. The summed E-state index contributed by atoms with van der Waals surface area (Å²) in [5.41, 5.74) is 12.6. The number of benzene rings is 3. The number of anilines is 1. The first-order valence-corrected chi connectivity index (χ1v) is 17.2. The van der Waals surface area contributed by atoms with Gasteiger partial charge in [-0.1, -0.05) is 24.3 Å². The van der Waals surface area contributed by atoms with E-state index in [4.69, 9.17) is 29.7 Å². The Morgan fingerprint density at radius 3 is 2.20 bits per heavy atom. The maximum Gasteiger partial charge on any atom is 0.260 e. The van der Waals surface area contributed by atoms with Crippen molar-refractivity contribution in [3.8, 4) is 23.0 Å². The Morgan fingerprint density at radius 1 is 0.800 bits per heavy atom. The average Bonchev–Trinajstić information content (AvgIpc) is 3.78. The van der Waals surface area contributed by atoms with Crippen molar-refractivity contribution in [2.75, 3.05) is 33.2 Å². The maximum atomic E-state index is 13.7. The molecule has 4 heterocycles. The Hall–Kier alpha value is -5.51. The number of fused-ring (bicyclic) bond motifs is 4. The standard InChI is InChI=1S/C40H40N4O6/c1-47-35-18-32-26(5-3-6-30-15-27(24-7-8-24)22-43(30)39(32)45)17-37(35)49-13-4-14-50-38-20-34-33(19-36(38)48-2)40(46)44-23-28(16-31(44)21-42-34)25-9-11-29(41)12-10-25/h3,6,9-12,17-24,30-31H,4-5,7-8,13-16,41H2,1-2H3/t30-,31+/m1/s1. The molecule has 1 fully saturated rings. The summed E-state index contributed by atoms with van der Waals surface area (Å²) >= 11 is 0. The summed E-state index contributed by atoms with van der Waals surface area (Å²) < 4.78 is 23.6. The van der Waals surface area contributed by atoms with Crippen LogP contribution in [0.15, 0.2) is 83.6 Å². The molecule has 0 radical (unpaired) electrons. The number of nitrogens with zero attached hydrogens (tertiary/aromatic N) is 3. The fraction of sp³-hybridized carbons (Fsp3) is 0.325. The molecule has 8 rings (SSSR count). The molecule has 256 valence electrons. The number of methoxy groups -OCH3 is 2. The Balaban J connectivity index is 0.918. The molecular weight excluding hydrogens is 632 g/mol. The molecule has 0 unspecified atom stereocenters. The highest BCUT2D eigenvalue weighted by molar-refractivity contribution is 6.05. The summed E-state index contributed by atoms with van der Waals surface area (Å²) in [5.74, 6) is 2.56. The molecule has 4 aliphatic heterocycles. The van der Waals surface area contributed by atoms with E-state index in [1.165, 1.54) is 18.4 Å². The van der Waals surface area contributed by atoms with Crippen molar-refractivity contribution in [1.29, 1.82) is 0 Å². The Kier molecular flexibility index (Phi) is 8.30. The predicted octanol–water partition coefficient (Wildman–Crippen LogP) is 6.73. The summed E-state index contributed by atoms with van der Waals surface area (Å²) in [5, 5.41) is 0. The van der Waals surface area contributed by atoms with Gasteiger partial charge < -0.3 is 34.5 Å². The molecular formula is C40H40N4O6. The van der Waals surface area contributed by atoms with Crippen LogP contribution in [0.25, 0.3) is 5.57 Å². The third kappa shape index (κ3) is 5.99. The topological polar surface area (TPSA) is 116 Å². The molecule has 1 aliphatic carbocycles. The van der Waals surface area contributed by atoms with Gasteiger partial charge in [0.05, 0.1) is 50.8 Å². The molecule has 0 saturated heterocycles. The van der Waals surface area contributed by atoms with E-state index in [-0.39, 0.29) is 23.9 Å². The van der Waals surface area contributed by atoms with Gasteiger partial charge in [-0.05, 0) is 84.2 Å². The molecule has 3 aromatic rings. The number of hydrogen-bond donors (Lipinski definition) is 1. The van der Waals surface area contributed by atoms with Crippen LogP contribution in [0, 0.1) is 5.92 Å². The smallest absolute Gasteiger partial charge is 0.260 e. The van der Waals surface area contributed by atoms with Crippen molar-refractivity contribution in [2.45, 2.75) is 50.6 Å². The van der Waals surface area contributed by atoms with Gasteiger partial charge in [-0.3, -0.25) is 14.6 Å². The first-order valence-electron chi connectivity index (χ1n) is 17.2. The van der Waals surface area contributed by atoms with E-state index < -0.39 is 0 Å². The first kappa shape index (κ1) is 31.7. The highest BCUT2D eigenvalue weighted by Gasteiger charge is 2.37. The van der Waals surface area contributed by atoms with Crippen molar-refractivity contribution in [1.82, 2.24) is 9.80 Å². The molecule has 2 N–H and O–H groups in total. The Bertz CT molecular complexity index is 1980. The summed E-state index contributed by atoms with van der Waals surface area (Å²) in [6.07, 6.45) is 15.4. The van der Waals surface area contributed by atoms with E-state index in [1.807, 2.05) is 53.7 Å². The van der Waals surface area contributed by atoms with E-state index >= 15 is 0 Å². The molecule has 5 aliphatic rings. The average molecular weight is 673 g/mol. The number of nitrogens with two attached hydrogens (primary N) is 1. The van der Waals surface area contributed by atoms with Crippen LogP contribution in [0.3, 0.4) is 0 Å². The number of ether oxygens (including phenoxy) is 4.